The van der Waals surface area contributed by atoms with Crippen molar-refractivity contribution in [1.29, 1.82) is 0 Å². The van der Waals surface area contributed by atoms with Gasteiger partial charge in [-0.25, -0.2) is 9.97 Å². The molecule has 0 saturated heterocycles. The number of nitrogens with one attached hydrogen (secondary N) is 2. The van der Waals surface area contributed by atoms with Gasteiger partial charge in [0, 0.05) is 43.8 Å². The van der Waals surface area contributed by atoms with Crippen molar-refractivity contribution < 1.29 is 4.79 Å². The molecule has 2 N–H and O–H groups in total. The van der Waals surface area contributed by atoms with Crippen LogP contribution in [-0.2, 0) is 23.7 Å². The zero-order valence-corrected chi connectivity index (χ0v) is 28.4. The van der Waals surface area contributed by atoms with Gasteiger partial charge in [0.05, 0.1) is 23.0 Å². The molecule has 0 aliphatic rings. The Hall–Kier alpha value is -3.97. The fraction of sp³-hybridized carbons (Fsp3) is 0.447. The Kier molecular flexibility index (Phi) is 9.78. The lowest BCUT2D eigenvalue weighted by Gasteiger charge is -2.31. The number of fused-ring (bicyclic) bond motifs is 2. The van der Waals surface area contributed by atoms with Crippen LogP contribution in [-0.4, -0.2) is 56.5 Å². The van der Waals surface area contributed by atoms with Crippen LogP contribution in [0.4, 0.5) is 0 Å². The summed E-state index contributed by atoms with van der Waals surface area (Å²) in [5.74, 6) is 0.437. The van der Waals surface area contributed by atoms with Crippen molar-refractivity contribution >= 4 is 28.0 Å². The van der Waals surface area contributed by atoms with Crippen LogP contribution in [0.25, 0.3) is 33.3 Å². The molecule has 2 aromatic carbocycles. The predicted octanol–water partition coefficient (Wildman–Crippen LogP) is 7.60. The summed E-state index contributed by atoms with van der Waals surface area (Å²) in [6.45, 7) is 18.1. The quantitative estimate of drug-likeness (QED) is 0.135. The monoisotopic (exact) mass is 606 g/mol. The van der Waals surface area contributed by atoms with E-state index in [2.05, 4.69) is 97.4 Å². The molecule has 7 heteroatoms. The zero-order chi connectivity index (χ0) is 32.3. The second-order valence-corrected chi connectivity index (χ2v) is 13.3. The van der Waals surface area contributed by atoms with E-state index in [-0.39, 0.29) is 11.8 Å². The first-order valence-corrected chi connectivity index (χ1v) is 16.5. The third kappa shape index (κ3) is 6.84. The Morgan fingerprint density at radius 1 is 1.02 bits per heavy atom. The number of H-pyrrole nitrogens is 1. The molecule has 3 aromatic heterocycles. The molecule has 0 saturated carbocycles. The van der Waals surface area contributed by atoms with Gasteiger partial charge in [0.15, 0.2) is 5.65 Å². The smallest absolute Gasteiger partial charge is 0.232 e. The van der Waals surface area contributed by atoms with Gasteiger partial charge in [0.1, 0.15) is 0 Å². The number of hydrogen-bond acceptors (Lipinski definition) is 4. The van der Waals surface area contributed by atoms with Gasteiger partial charge < -0.3 is 19.8 Å². The van der Waals surface area contributed by atoms with E-state index in [1.807, 2.05) is 42.9 Å². The van der Waals surface area contributed by atoms with Gasteiger partial charge in [0.2, 0.25) is 5.91 Å². The molecule has 238 valence electrons. The molecule has 7 nitrogen and oxygen atoms in total. The number of imidazole rings is 1. The predicted molar refractivity (Wildman–Crippen MR) is 187 cm³/mol. The summed E-state index contributed by atoms with van der Waals surface area (Å²) >= 11 is 0. The summed E-state index contributed by atoms with van der Waals surface area (Å²) < 4.78 is 2.03. The van der Waals surface area contributed by atoms with Crippen LogP contribution in [0.1, 0.15) is 81.2 Å². The van der Waals surface area contributed by atoms with Gasteiger partial charge in [-0.3, -0.25) is 4.79 Å². The molecule has 1 amide bonds. The number of carbonyl (C=O) groups is 1. The van der Waals surface area contributed by atoms with Crippen LogP contribution >= 0.6 is 0 Å². The van der Waals surface area contributed by atoms with Gasteiger partial charge in [-0.2, -0.15) is 0 Å². The molecule has 0 bridgehead atoms. The molecule has 0 aliphatic carbocycles. The molecule has 0 spiro atoms. The van der Waals surface area contributed by atoms with E-state index >= 15 is 0 Å². The maximum absolute atomic E-state index is 13.6. The lowest BCUT2D eigenvalue weighted by atomic mass is 9.81. The largest absolute Gasteiger partial charge is 0.354 e. The van der Waals surface area contributed by atoms with E-state index in [4.69, 9.17) is 0 Å². The van der Waals surface area contributed by atoms with Crippen LogP contribution in [0.15, 0.2) is 55.0 Å². The Morgan fingerprint density at radius 3 is 2.47 bits per heavy atom. The number of rotatable bonds is 13. The summed E-state index contributed by atoms with van der Waals surface area (Å²) in [6, 6.07) is 15.5. The number of aromatic amines is 1. The molecule has 0 aliphatic heterocycles. The second kappa shape index (κ2) is 13.6. The SMILES string of the molecule is CCN(CC)C(=O)C(C)(C)c1ccc2[nH]c(-c3cc(C)cc(C)c3)c([C@H](C)CNCCCCc3cnc4ncn(C)c4c3)c2c1. The summed E-state index contributed by atoms with van der Waals surface area (Å²) in [4.78, 5) is 28.1. The summed E-state index contributed by atoms with van der Waals surface area (Å²) in [5.41, 5.74) is 10.9. The molecule has 0 unspecified atom stereocenters. The molecule has 5 aromatic rings. The highest BCUT2D eigenvalue weighted by molar-refractivity contribution is 5.94. The van der Waals surface area contributed by atoms with Gasteiger partial charge in [-0.15, -0.1) is 0 Å². The molecule has 0 fully saturated rings. The molecular weight excluding hydrogens is 556 g/mol. The number of carbonyl (C=O) groups excluding carboxylic acids is 1. The zero-order valence-electron chi connectivity index (χ0n) is 28.4. The fourth-order valence-electron chi connectivity index (χ4n) is 6.68. The van der Waals surface area contributed by atoms with E-state index in [1.54, 1.807) is 0 Å². The molecule has 3 heterocycles. The minimum absolute atomic E-state index is 0.171. The fourth-order valence-corrected chi connectivity index (χ4v) is 6.68. The molecular formula is C38H50N6O. The van der Waals surface area contributed by atoms with Crippen molar-refractivity contribution in [2.45, 2.75) is 79.1 Å². The van der Waals surface area contributed by atoms with E-state index in [0.29, 0.717) is 13.1 Å². The Morgan fingerprint density at radius 2 is 1.76 bits per heavy atom. The van der Waals surface area contributed by atoms with Crippen LogP contribution in [0.5, 0.6) is 0 Å². The van der Waals surface area contributed by atoms with Crippen LogP contribution in [0.2, 0.25) is 0 Å². The highest BCUT2D eigenvalue weighted by Crippen LogP contribution is 2.38. The van der Waals surface area contributed by atoms with Crippen molar-refractivity contribution in [1.82, 2.24) is 29.7 Å². The van der Waals surface area contributed by atoms with Gasteiger partial charge in [-0.05, 0) is 126 Å². The van der Waals surface area contributed by atoms with Crippen LogP contribution in [0, 0.1) is 13.8 Å². The molecule has 5 rings (SSSR count). The minimum Gasteiger partial charge on any atom is -0.354 e. The van der Waals surface area contributed by atoms with Gasteiger partial charge in [0.25, 0.3) is 0 Å². The van der Waals surface area contributed by atoms with E-state index in [0.717, 1.165) is 54.6 Å². The minimum atomic E-state index is -0.618. The first-order valence-electron chi connectivity index (χ1n) is 16.5. The Bertz CT molecular complexity index is 1770. The van der Waals surface area contributed by atoms with Gasteiger partial charge >= 0.3 is 0 Å². The third-order valence-electron chi connectivity index (χ3n) is 9.31. The number of benzene rings is 2. The number of hydrogen-bond donors (Lipinski definition) is 2. The number of nitrogens with zero attached hydrogens (tertiary/aromatic N) is 4. The third-order valence-corrected chi connectivity index (χ3v) is 9.31. The highest BCUT2D eigenvalue weighted by Gasteiger charge is 2.33. The first kappa shape index (κ1) is 32.4. The highest BCUT2D eigenvalue weighted by atomic mass is 16.2. The second-order valence-electron chi connectivity index (χ2n) is 13.3. The van der Waals surface area contributed by atoms with E-state index in [9.17, 15) is 4.79 Å². The molecule has 1 atom stereocenters. The average molecular weight is 607 g/mol. The van der Waals surface area contributed by atoms with Crippen molar-refractivity contribution in [2.75, 3.05) is 26.2 Å². The standard InChI is InChI=1S/C38H50N6O/c1-9-44(10-2)37(45)38(6,7)30-14-15-32-31(21-30)34(35(42-32)29-18-25(3)17-26(4)19-29)27(5)22-39-16-12-11-13-28-20-33-36(40-23-28)41-24-43(33)8/h14-15,17-21,23-24,27,39,42H,9-13,16,22H2,1-8H3/t27-/m1/s1. The van der Waals surface area contributed by atoms with Crippen molar-refractivity contribution in [3.05, 3.63) is 82.8 Å². The maximum atomic E-state index is 13.6. The summed E-state index contributed by atoms with van der Waals surface area (Å²) in [7, 11) is 2.01. The van der Waals surface area contributed by atoms with Crippen LogP contribution in [0.3, 0.4) is 0 Å². The van der Waals surface area contributed by atoms with Crippen molar-refractivity contribution in [3.63, 3.8) is 0 Å². The summed E-state index contributed by atoms with van der Waals surface area (Å²) in [6.07, 6.45) is 6.99. The number of unbranched alkanes of at least 4 members (excludes halogenated alkanes) is 1. The number of likely N-dealkylation sites (N-methyl/N-ethyl adjacent to an activating group) is 1. The normalized spacial score (nSPS) is 12.7. The Balaban J connectivity index is 1.35. The first-order chi connectivity index (χ1) is 21.5. The van der Waals surface area contributed by atoms with E-state index < -0.39 is 5.41 Å². The van der Waals surface area contributed by atoms with E-state index in [1.165, 1.54) is 38.9 Å². The molecule has 45 heavy (non-hydrogen) atoms. The molecule has 0 radical (unpaired) electrons. The Labute approximate surface area is 268 Å². The average Bonchev–Trinajstić information content (AvgIpc) is 3.58. The summed E-state index contributed by atoms with van der Waals surface area (Å²) in [5, 5.41) is 4.95. The van der Waals surface area contributed by atoms with Crippen LogP contribution < -0.4 is 5.32 Å². The number of amides is 1. The lowest BCUT2D eigenvalue weighted by molar-refractivity contribution is -0.135. The topological polar surface area (TPSA) is 78.8 Å². The number of pyridine rings is 1. The maximum Gasteiger partial charge on any atom is 0.232 e. The lowest BCUT2D eigenvalue weighted by Crippen LogP contribution is -2.43. The number of aryl methyl sites for hydroxylation is 4. The van der Waals surface area contributed by atoms with Crippen molar-refractivity contribution in [3.8, 4) is 11.3 Å². The van der Waals surface area contributed by atoms with Crippen molar-refractivity contribution in [2.24, 2.45) is 7.05 Å². The number of aromatic nitrogens is 4. The van der Waals surface area contributed by atoms with Gasteiger partial charge in [-0.1, -0.05) is 30.2 Å².